The summed E-state index contributed by atoms with van der Waals surface area (Å²) in [6.45, 7) is 4.08. The van der Waals surface area contributed by atoms with Crippen molar-refractivity contribution < 1.29 is 4.79 Å². The molecule has 0 amide bonds. The molecule has 0 saturated heterocycles. The van der Waals surface area contributed by atoms with E-state index in [0.717, 1.165) is 12.8 Å². The summed E-state index contributed by atoms with van der Waals surface area (Å²) in [5, 5.41) is 0. The summed E-state index contributed by atoms with van der Waals surface area (Å²) in [5.74, 6) is 2.37. The topological polar surface area (TPSA) is 17.1 Å². The summed E-state index contributed by atoms with van der Waals surface area (Å²) in [5.41, 5.74) is 1.17. The highest BCUT2D eigenvalue weighted by atomic mass is 16.1. The monoisotopic (exact) mass is 150 g/mol. The van der Waals surface area contributed by atoms with Crippen LogP contribution in [0.2, 0.25) is 0 Å². The average Bonchev–Trinajstić information content (AvgIpc) is 2.01. The maximum atomic E-state index is 11.0. The highest BCUT2D eigenvalue weighted by molar-refractivity contribution is 5.91. The molecule has 0 aliphatic carbocycles. The van der Waals surface area contributed by atoms with Crippen molar-refractivity contribution in [2.75, 3.05) is 0 Å². The molecule has 0 fully saturated rings. The van der Waals surface area contributed by atoms with E-state index in [1.54, 1.807) is 6.08 Å². The molecule has 0 radical (unpaired) electrons. The largest absolute Gasteiger partial charge is 0.294 e. The van der Waals surface area contributed by atoms with E-state index in [1.165, 1.54) is 5.57 Å². The molecular weight excluding hydrogens is 136 g/mol. The van der Waals surface area contributed by atoms with Crippen LogP contribution >= 0.6 is 0 Å². The van der Waals surface area contributed by atoms with E-state index < -0.39 is 0 Å². The molecule has 0 aromatic heterocycles. The third kappa shape index (κ3) is 4.38. The zero-order valence-corrected chi connectivity index (χ0v) is 7.18. The molecule has 0 bridgehead atoms. The fourth-order valence-electron chi connectivity index (χ4n) is 0.833. The van der Waals surface area contributed by atoms with Crippen molar-refractivity contribution in [3.63, 3.8) is 0 Å². The molecular formula is C10H14O. The molecule has 60 valence electrons. The predicted molar refractivity (Wildman–Crippen MR) is 47.1 cm³/mol. The number of hydrogen-bond acceptors (Lipinski definition) is 1. The van der Waals surface area contributed by atoms with Crippen LogP contribution in [0.15, 0.2) is 11.6 Å². The Bertz CT molecular complexity index is 187. The fraction of sp³-hybridized carbons (Fsp3) is 0.500. The van der Waals surface area contributed by atoms with Gasteiger partial charge in [-0.15, -0.1) is 6.42 Å². The van der Waals surface area contributed by atoms with Crippen molar-refractivity contribution in [2.24, 2.45) is 0 Å². The Morgan fingerprint density at radius 3 is 2.36 bits per heavy atom. The second-order valence-electron chi connectivity index (χ2n) is 2.36. The van der Waals surface area contributed by atoms with Crippen LogP contribution in [-0.2, 0) is 4.79 Å². The Kier molecular flexibility index (Phi) is 5.20. The molecule has 0 aliphatic rings. The Labute approximate surface area is 68.5 Å². The van der Waals surface area contributed by atoms with Gasteiger partial charge in [-0.3, -0.25) is 4.79 Å². The van der Waals surface area contributed by atoms with Crippen LogP contribution < -0.4 is 0 Å². The maximum absolute atomic E-state index is 11.0. The molecule has 0 heterocycles. The van der Waals surface area contributed by atoms with Crippen molar-refractivity contribution in [3.05, 3.63) is 11.6 Å². The molecule has 0 aromatic carbocycles. The summed E-state index contributed by atoms with van der Waals surface area (Å²) in [4.78, 5) is 11.0. The van der Waals surface area contributed by atoms with Crippen molar-refractivity contribution in [2.45, 2.75) is 33.1 Å². The second-order valence-corrected chi connectivity index (χ2v) is 2.36. The lowest BCUT2D eigenvalue weighted by atomic mass is 10.1. The van der Waals surface area contributed by atoms with Crippen LogP contribution in [-0.4, -0.2) is 5.78 Å². The van der Waals surface area contributed by atoms with E-state index in [4.69, 9.17) is 6.42 Å². The third-order valence-electron chi connectivity index (χ3n) is 1.55. The second kappa shape index (κ2) is 5.73. The normalized spacial score (nSPS) is 8.45. The van der Waals surface area contributed by atoms with Crippen LogP contribution in [0, 0.1) is 12.3 Å². The van der Waals surface area contributed by atoms with Gasteiger partial charge in [-0.1, -0.05) is 25.3 Å². The van der Waals surface area contributed by atoms with Gasteiger partial charge < -0.3 is 0 Å². The van der Waals surface area contributed by atoms with Gasteiger partial charge in [0.2, 0.25) is 0 Å². The molecule has 1 nitrogen and oxygen atoms in total. The lowest BCUT2D eigenvalue weighted by molar-refractivity contribution is -0.113. The van der Waals surface area contributed by atoms with Crippen LogP contribution in [0.25, 0.3) is 0 Å². The Hall–Kier alpha value is -1.03. The van der Waals surface area contributed by atoms with E-state index in [0.29, 0.717) is 0 Å². The van der Waals surface area contributed by atoms with Crippen molar-refractivity contribution in [1.82, 2.24) is 0 Å². The first-order valence-corrected chi connectivity index (χ1v) is 3.90. The van der Waals surface area contributed by atoms with E-state index in [-0.39, 0.29) is 12.2 Å². The third-order valence-corrected chi connectivity index (χ3v) is 1.55. The van der Waals surface area contributed by atoms with Gasteiger partial charge in [0.25, 0.3) is 0 Å². The Morgan fingerprint density at radius 2 is 2.00 bits per heavy atom. The summed E-state index contributed by atoms with van der Waals surface area (Å²) in [7, 11) is 0. The zero-order valence-electron chi connectivity index (χ0n) is 7.18. The minimum absolute atomic E-state index is 0.0474. The number of ketones is 1. The highest BCUT2D eigenvalue weighted by Crippen LogP contribution is 2.05. The molecule has 0 aromatic rings. The van der Waals surface area contributed by atoms with Crippen molar-refractivity contribution in [1.29, 1.82) is 0 Å². The standard InChI is InChI=1S/C10H14O/c1-4-7-10(11)8-9(5-2)6-3/h1,8H,5-7H2,2-3H3. The van der Waals surface area contributed by atoms with Crippen LogP contribution in [0.1, 0.15) is 33.1 Å². The van der Waals surface area contributed by atoms with Crippen LogP contribution in [0.3, 0.4) is 0 Å². The minimum atomic E-state index is 0.0474. The summed E-state index contributed by atoms with van der Waals surface area (Å²) < 4.78 is 0. The number of carbonyl (C=O) groups excluding carboxylic acids is 1. The average molecular weight is 150 g/mol. The van der Waals surface area contributed by atoms with Gasteiger partial charge in [0, 0.05) is 0 Å². The molecule has 0 spiro atoms. The van der Waals surface area contributed by atoms with Gasteiger partial charge in [-0.05, 0) is 18.9 Å². The lowest BCUT2D eigenvalue weighted by Crippen LogP contribution is -1.92. The summed E-state index contributed by atoms with van der Waals surface area (Å²) >= 11 is 0. The van der Waals surface area contributed by atoms with Crippen molar-refractivity contribution >= 4 is 5.78 Å². The SMILES string of the molecule is C#CCC(=O)C=C(CC)CC. The van der Waals surface area contributed by atoms with E-state index in [9.17, 15) is 4.79 Å². The van der Waals surface area contributed by atoms with Gasteiger partial charge >= 0.3 is 0 Å². The Morgan fingerprint density at radius 1 is 1.45 bits per heavy atom. The van der Waals surface area contributed by atoms with Crippen molar-refractivity contribution in [3.8, 4) is 12.3 Å². The van der Waals surface area contributed by atoms with Gasteiger partial charge in [-0.2, -0.15) is 0 Å². The van der Waals surface area contributed by atoms with Gasteiger partial charge in [0.1, 0.15) is 0 Å². The van der Waals surface area contributed by atoms with Gasteiger partial charge in [-0.25, -0.2) is 0 Å². The molecule has 11 heavy (non-hydrogen) atoms. The molecule has 0 atom stereocenters. The minimum Gasteiger partial charge on any atom is -0.294 e. The molecule has 1 heteroatoms. The molecule has 0 unspecified atom stereocenters. The first-order valence-electron chi connectivity index (χ1n) is 3.90. The first kappa shape index (κ1) is 9.97. The highest BCUT2D eigenvalue weighted by Gasteiger charge is 1.96. The summed E-state index contributed by atoms with van der Waals surface area (Å²) in [6, 6.07) is 0. The quantitative estimate of drug-likeness (QED) is 0.444. The van der Waals surface area contributed by atoms with Gasteiger partial charge in [0.05, 0.1) is 6.42 Å². The zero-order chi connectivity index (χ0) is 8.69. The van der Waals surface area contributed by atoms with Crippen LogP contribution in [0.5, 0.6) is 0 Å². The van der Waals surface area contributed by atoms with Gasteiger partial charge in [0.15, 0.2) is 5.78 Å². The molecule has 0 saturated carbocycles. The van der Waals surface area contributed by atoms with E-state index >= 15 is 0 Å². The van der Waals surface area contributed by atoms with E-state index in [1.807, 2.05) is 13.8 Å². The molecule has 0 N–H and O–H groups in total. The Balaban J connectivity index is 4.06. The number of rotatable bonds is 4. The maximum Gasteiger partial charge on any atom is 0.167 e. The lowest BCUT2D eigenvalue weighted by Gasteiger charge is -1.96. The number of terminal acetylenes is 1. The van der Waals surface area contributed by atoms with Crippen LogP contribution in [0.4, 0.5) is 0 Å². The molecule has 0 aliphatic heterocycles. The number of hydrogen-bond donors (Lipinski definition) is 0. The fourth-order valence-corrected chi connectivity index (χ4v) is 0.833. The smallest absolute Gasteiger partial charge is 0.167 e. The van der Waals surface area contributed by atoms with E-state index in [2.05, 4.69) is 5.92 Å². The predicted octanol–water partition coefficient (Wildman–Crippen LogP) is 2.33. The number of allylic oxidation sites excluding steroid dienone is 2. The summed E-state index contributed by atoms with van der Waals surface area (Å²) in [6.07, 6.45) is 8.75. The molecule has 0 rings (SSSR count). The number of carbonyl (C=O) groups is 1. The first-order chi connectivity index (χ1) is 5.24.